The number of ether oxygens (including phenoxy) is 1. The molecule has 1 N–H and O–H groups in total. The van der Waals surface area contributed by atoms with Crippen molar-refractivity contribution in [3.05, 3.63) is 80.2 Å². The maximum absolute atomic E-state index is 13.3. The monoisotopic (exact) mass is 571 g/mol. The van der Waals surface area contributed by atoms with Gasteiger partial charge in [-0.2, -0.15) is 0 Å². The molecule has 0 spiro atoms. The second kappa shape index (κ2) is 9.11. The Balaban J connectivity index is 1.74. The fraction of sp³-hybridized carbons (Fsp3) is 0.160. The lowest BCUT2D eigenvalue weighted by Gasteiger charge is -2.29. The summed E-state index contributed by atoms with van der Waals surface area (Å²) in [5.41, 5.74) is 5.54. The first-order chi connectivity index (χ1) is 15.7. The van der Waals surface area contributed by atoms with Crippen LogP contribution in [0.2, 0.25) is 0 Å². The van der Waals surface area contributed by atoms with E-state index >= 15 is 0 Å². The van der Waals surface area contributed by atoms with Crippen molar-refractivity contribution in [2.45, 2.75) is 20.8 Å². The number of halogens is 1. The van der Waals surface area contributed by atoms with Crippen molar-refractivity contribution in [3.63, 3.8) is 0 Å². The molecule has 4 rings (SSSR count). The number of anilines is 1. The topological polar surface area (TPSA) is 63.6 Å². The minimum atomic E-state index is -0.510. The summed E-state index contributed by atoms with van der Waals surface area (Å²) in [5.74, 6) is -0.319. The Morgan fingerprint density at radius 2 is 1.67 bits per heavy atom. The summed E-state index contributed by atoms with van der Waals surface area (Å²) in [7, 11) is 1.57. The molecule has 1 saturated heterocycles. The molecular weight excluding hydrogens is 549 g/mol. The predicted octanol–water partition coefficient (Wildman–Crippen LogP) is 4.85. The molecule has 8 heteroatoms. The molecule has 1 aromatic heterocycles. The maximum atomic E-state index is 13.3. The highest BCUT2D eigenvalue weighted by atomic mass is 127. The van der Waals surface area contributed by atoms with Crippen molar-refractivity contribution in [1.29, 1.82) is 0 Å². The van der Waals surface area contributed by atoms with E-state index < -0.39 is 11.8 Å². The van der Waals surface area contributed by atoms with Gasteiger partial charge in [0.2, 0.25) is 0 Å². The van der Waals surface area contributed by atoms with Gasteiger partial charge in [-0.05, 0) is 121 Å². The number of rotatable bonds is 4. The van der Waals surface area contributed by atoms with Crippen LogP contribution in [0.3, 0.4) is 0 Å². The van der Waals surface area contributed by atoms with Crippen LogP contribution >= 0.6 is 34.8 Å². The summed E-state index contributed by atoms with van der Waals surface area (Å²) >= 11 is 7.60. The number of aryl methyl sites for hydroxylation is 2. The summed E-state index contributed by atoms with van der Waals surface area (Å²) < 4.78 is 8.50. The van der Waals surface area contributed by atoms with Gasteiger partial charge in [0, 0.05) is 20.6 Å². The summed E-state index contributed by atoms with van der Waals surface area (Å²) in [6, 6.07) is 15.2. The van der Waals surface area contributed by atoms with Gasteiger partial charge in [-0.3, -0.25) is 19.8 Å². The van der Waals surface area contributed by atoms with Crippen LogP contribution < -0.4 is 15.0 Å². The molecule has 0 bridgehead atoms. The lowest BCUT2D eigenvalue weighted by molar-refractivity contribution is -0.122. The van der Waals surface area contributed by atoms with Gasteiger partial charge in [0.25, 0.3) is 11.8 Å². The van der Waals surface area contributed by atoms with E-state index in [4.69, 9.17) is 17.0 Å². The third kappa shape index (κ3) is 4.32. The quantitative estimate of drug-likeness (QED) is 0.211. The molecule has 0 unspecified atom stereocenters. The number of nitrogens with zero attached hydrogens (tertiary/aromatic N) is 2. The Hall–Kier alpha value is -2.98. The van der Waals surface area contributed by atoms with Gasteiger partial charge < -0.3 is 9.30 Å². The standard InChI is InChI=1S/C25H22IN3O3S/c1-14-11-19(7-10-22(14)26)28-15(2)12-17(16(28)3)13-21-23(30)27-25(33)29(24(21)31)18-5-8-20(32-4)9-6-18/h5-13H,1-4H3,(H,27,30,33)/b21-13-. The number of aromatic nitrogens is 1. The fourth-order valence-corrected chi connectivity index (χ4v) is 4.49. The first-order valence-electron chi connectivity index (χ1n) is 10.2. The maximum Gasteiger partial charge on any atom is 0.270 e. The molecule has 6 nitrogen and oxygen atoms in total. The summed E-state index contributed by atoms with van der Waals surface area (Å²) in [6.45, 7) is 6.05. The Morgan fingerprint density at radius 1 is 1.00 bits per heavy atom. The van der Waals surface area contributed by atoms with Gasteiger partial charge in [-0.1, -0.05) is 0 Å². The zero-order valence-corrected chi connectivity index (χ0v) is 21.6. The third-order valence-electron chi connectivity index (χ3n) is 5.60. The van der Waals surface area contributed by atoms with Gasteiger partial charge in [-0.25, -0.2) is 0 Å². The summed E-state index contributed by atoms with van der Waals surface area (Å²) in [4.78, 5) is 27.4. The number of amides is 2. The van der Waals surface area contributed by atoms with Gasteiger partial charge in [0.15, 0.2) is 5.11 Å². The number of nitrogens with one attached hydrogen (secondary N) is 1. The highest BCUT2D eigenvalue weighted by Crippen LogP contribution is 2.28. The van der Waals surface area contributed by atoms with E-state index in [-0.39, 0.29) is 10.7 Å². The first kappa shape index (κ1) is 23.2. The Labute approximate surface area is 211 Å². The minimum absolute atomic E-state index is 0.0264. The van der Waals surface area contributed by atoms with E-state index in [0.717, 1.165) is 22.6 Å². The number of hydrogen-bond acceptors (Lipinski definition) is 4. The van der Waals surface area contributed by atoms with Crippen molar-refractivity contribution >= 4 is 63.5 Å². The highest BCUT2D eigenvalue weighted by molar-refractivity contribution is 14.1. The molecule has 2 amide bonds. The van der Waals surface area contributed by atoms with E-state index in [1.165, 1.54) is 14.0 Å². The predicted molar refractivity (Wildman–Crippen MR) is 142 cm³/mol. The average Bonchev–Trinajstić information content (AvgIpc) is 3.06. The van der Waals surface area contributed by atoms with Gasteiger partial charge in [-0.15, -0.1) is 0 Å². The number of hydrogen-bond donors (Lipinski definition) is 1. The molecule has 0 radical (unpaired) electrons. The number of carbonyl (C=O) groups is 2. The van der Waals surface area contributed by atoms with Crippen LogP contribution in [0.4, 0.5) is 5.69 Å². The molecule has 1 aliphatic heterocycles. The molecule has 3 aromatic rings. The molecule has 2 heterocycles. The first-order valence-corrected chi connectivity index (χ1v) is 11.7. The fourth-order valence-electron chi connectivity index (χ4n) is 3.88. The normalized spacial score (nSPS) is 15.2. The summed E-state index contributed by atoms with van der Waals surface area (Å²) in [6.07, 6.45) is 1.63. The second-order valence-electron chi connectivity index (χ2n) is 7.75. The molecule has 0 aliphatic carbocycles. The van der Waals surface area contributed by atoms with Gasteiger partial charge >= 0.3 is 0 Å². The zero-order valence-electron chi connectivity index (χ0n) is 18.6. The van der Waals surface area contributed by atoms with Crippen LogP contribution in [0.5, 0.6) is 5.75 Å². The zero-order chi connectivity index (χ0) is 23.9. The van der Waals surface area contributed by atoms with E-state index in [2.05, 4.69) is 57.6 Å². The van der Waals surface area contributed by atoms with Crippen molar-refractivity contribution in [2.75, 3.05) is 12.0 Å². The van der Waals surface area contributed by atoms with Crippen molar-refractivity contribution < 1.29 is 14.3 Å². The van der Waals surface area contributed by atoms with Crippen molar-refractivity contribution in [3.8, 4) is 11.4 Å². The van der Waals surface area contributed by atoms with Crippen molar-refractivity contribution in [2.24, 2.45) is 0 Å². The molecule has 168 valence electrons. The minimum Gasteiger partial charge on any atom is -0.497 e. The van der Waals surface area contributed by atoms with Crippen LogP contribution in [-0.2, 0) is 9.59 Å². The van der Waals surface area contributed by atoms with E-state index in [1.807, 2.05) is 19.9 Å². The number of benzene rings is 2. The van der Waals surface area contributed by atoms with Gasteiger partial charge in [0.1, 0.15) is 11.3 Å². The Morgan fingerprint density at radius 3 is 2.30 bits per heavy atom. The molecule has 1 aliphatic rings. The molecule has 2 aromatic carbocycles. The molecule has 1 fully saturated rings. The van der Waals surface area contributed by atoms with Crippen LogP contribution in [0, 0.1) is 24.3 Å². The van der Waals surface area contributed by atoms with Crippen LogP contribution in [0.1, 0.15) is 22.5 Å². The Bertz CT molecular complexity index is 1330. The lowest BCUT2D eigenvalue weighted by Crippen LogP contribution is -2.54. The molecule has 33 heavy (non-hydrogen) atoms. The Kier molecular flexibility index (Phi) is 6.40. The molecule has 0 atom stereocenters. The average molecular weight is 571 g/mol. The van der Waals surface area contributed by atoms with Crippen molar-refractivity contribution in [1.82, 2.24) is 9.88 Å². The number of methoxy groups -OCH3 is 1. The summed E-state index contributed by atoms with van der Waals surface area (Å²) in [5, 5.41) is 2.68. The lowest BCUT2D eigenvalue weighted by atomic mass is 10.1. The number of thiocarbonyl (C=S) groups is 1. The SMILES string of the molecule is COc1ccc(N2C(=O)/C(=C\c3cc(C)n(-c4ccc(I)c(C)c4)c3C)C(=O)NC2=S)cc1. The number of carbonyl (C=O) groups excluding carboxylic acids is 2. The van der Waals surface area contributed by atoms with Crippen LogP contribution in [0.15, 0.2) is 54.1 Å². The van der Waals surface area contributed by atoms with E-state index in [9.17, 15) is 9.59 Å². The van der Waals surface area contributed by atoms with E-state index in [0.29, 0.717) is 11.4 Å². The van der Waals surface area contributed by atoms with E-state index in [1.54, 1.807) is 37.5 Å². The largest absolute Gasteiger partial charge is 0.497 e. The molecular formula is C25H22IN3O3S. The molecule has 0 saturated carbocycles. The van der Waals surface area contributed by atoms with Gasteiger partial charge in [0.05, 0.1) is 12.8 Å². The highest BCUT2D eigenvalue weighted by Gasteiger charge is 2.34. The van der Waals surface area contributed by atoms with Crippen LogP contribution in [-0.4, -0.2) is 28.6 Å². The smallest absolute Gasteiger partial charge is 0.270 e. The van der Waals surface area contributed by atoms with Crippen LogP contribution in [0.25, 0.3) is 11.8 Å². The second-order valence-corrected chi connectivity index (χ2v) is 9.30. The third-order valence-corrected chi connectivity index (χ3v) is 7.10.